The molecule has 1 aromatic heterocycles. The van der Waals surface area contributed by atoms with Gasteiger partial charge in [0.1, 0.15) is 30.5 Å². The molecular formula is C20H26N4O3. The molecule has 0 radical (unpaired) electrons. The molecule has 7 nitrogen and oxygen atoms in total. The molecular weight excluding hydrogens is 344 g/mol. The third-order valence-electron chi connectivity index (χ3n) is 5.51. The zero-order valence-electron chi connectivity index (χ0n) is 15.9. The van der Waals surface area contributed by atoms with E-state index < -0.39 is 0 Å². The summed E-state index contributed by atoms with van der Waals surface area (Å²) in [5, 5.41) is 17.7. The summed E-state index contributed by atoms with van der Waals surface area (Å²) in [5.41, 5.74) is 2.37. The second kappa shape index (κ2) is 7.70. The number of benzene rings is 1. The van der Waals surface area contributed by atoms with Crippen LogP contribution in [0.5, 0.6) is 11.5 Å². The van der Waals surface area contributed by atoms with Gasteiger partial charge in [-0.3, -0.25) is 4.90 Å². The Kier molecular flexibility index (Phi) is 5.13. The Morgan fingerprint density at radius 2 is 2.07 bits per heavy atom. The Hall–Kier alpha value is -2.38. The van der Waals surface area contributed by atoms with Gasteiger partial charge in [0.15, 0.2) is 5.82 Å². The van der Waals surface area contributed by atoms with E-state index in [0.717, 1.165) is 55.4 Å². The first-order valence-electron chi connectivity index (χ1n) is 9.39. The molecule has 0 bridgehead atoms. The summed E-state index contributed by atoms with van der Waals surface area (Å²) in [6, 6.07) is 5.92. The molecule has 1 N–H and O–H groups in total. The van der Waals surface area contributed by atoms with Crippen LogP contribution in [0.3, 0.4) is 0 Å². The summed E-state index contributed by atoms with van der Waals surface area (Å²) in [7, 11) is 3.62. The Morgan fingerprint density at radius 3 is 2.78 bits per heavy atom. The molecule has 0 atom stereocenters. The van der Waals surface area contributed by atoms with Crippen LogP contribution in [0, 0.1) is 0 Å². The number of aliphatic hydroxyl groups excluding tert-OH is 1. The average Bonchev–Trinajstić information content (AvgIpc) is 3.08. The quantitative estimate of drug-likeness (QED) is 0.868. The van der Waals surface area contributed by atoms with Crippen LogP contribution in [0.25, 0.3) is 6.08 Å². The second-order valence-electron chi connectivity index (χ2n) is 7.24. The summed E-state index contributed by atoms with van der Waals surface area (Å²) in [4.78, 5) is 2.47. The van der Waals surface area contributed by atoms with Gasteiger partial charge in [-0.05, 0) is 55.8 Å². The normalized spacial score (nSPS) is 18.0. The molecule has 3 heterocycles. The summed E-state index contributed by atoms with van der Waals surface area (Å²) in [6.07, 6.45) is 4.33. The van der Waals surface area contributed by atoms with Gasteiger partial charge in [-0.1, -0.05) is 0 Å². The highest BCUT2D eigenvalue weighted by molar-refractivity contribution is 5.64. The predicted molar refractivity (Wildman–Crippen MR) is 102 cm³/mol. The van der Waals surface area contributed by atoms with Crippen LogP contribution in [0.4, 0.5) is 0 Å². The molecule has 0 saturated carbocycles. The van der Waals surface area contributed by atoms with Crippen molar-refractivity contribution >= 4 is 6.08 Å². The molecule has 144 valence electrons. The van der Waals surface area contributed by atoms with Crippen molar-refractivity contribution in [2.24, 2.45) is 7.05 Å². The SMILES string of the molecule is COc1ccc2c(c1)C=C(CN1CCC(c3nnc(CO)n3C)CC1)CO2. The lowest BCUT2D eigenvalue weighted by molar-refractivity contribution is 0.214. The number of rotatable bonds is 5. The lowest BCUT2D eigenvalue weighted by Crippen LogP contribution is -2.36. The minimum atomic E-state index is -0.0667. The first-order valence-corrected chi connectivity index (χ1v) is 9.39. The molecule has 0 aliphatic carbocycles. The van der Waals surface area contributed by atoms with Crippen molar-refractivity contribution in [1.82, 2.24) is 19.7 Å². The Labute approximate surface area is 159 Å². The van der Waals surface area contributed by atoms with E-state index in [2.05, 4.69) is 21.2 Å². The number of aliphatic hydroxyl groups is 1. The highest BCUT2D eigenvalue weighted by Crippen LogP contribution is 2.31. The number of ether oxygens (including phenoxy) is 2. The molecule has 2 aliphatic rings. The Morgan fingerprint density at radius 1 is 1.26 bits per heavy atom. The second-order valence-corrected chi connectivity index (χ2v) is 7.24. The summed E-state index contributed by atoms with van der Waals surface area (Å²) in [5.74, 6) is 3.79. The number of aromatic nitrogens is 3. The monoisotopic (exact) mass is 370 g/mol. The van der Waals surface area contributed by atoms with Gasteiger partial charge < -0.3 is 19.1 Å². The predicted octanol–water partition coefficient (Wildman–Crippen LogP) is 1.97. The van der Waals surface area contributed by atoms with Gasteiger partial charge in [0.25, 0.3) is 0 Å². The van der Waals surface area contributed by atoms with Gasteiger partial charge in [-0.15, -0.1) is 10.2 Å². The van der Waals surface area contributed by atoms with Crippen LogP contribution in [0.15, 0.2) is 23.8 Å². The first kappa shape index (κ1) is 18.0. The minimum absolute atomic E-state index is 0.0667. The van der Waals surface area contributed by atoms with Crippen molar-refractivity contribution in [3.05, 3.63) is 41.0 Å². The number of fused-ring (bicyclic) bond motifs is 1. The van der Waals surface area contributed by atoms with Gasteiger partial charge in [-0.25, -0.2) is 0 Å². The number of hydrogen-bond acceptors (Lipinski definition) is 6. The highest BCUT2D eigenvalue weighted by atomic mass is 16.5. The molecule has 2 aromatic rings. The van der Waals surface area contributed by atoms with Crippen LogP contribution < -0.4 is 9.47 Å². The van der Waals surface area contributed by atoms with Gasteiger partial charge in [0.05, 0.1) is 7.11 Å². The van der Waals surface area contributed by atoms with Crippen LogP contribution >= 0.6 is 0 Å². The van der Waals surface area contributed by atoms with Gasteiger partial charge >= 0.3 is 0 Å². The van der Waals surface area contributed by atoms with E-state index in [4.69, 9.17) is 9.47 Å². The lowest BCUT2D eigenvalue weighted by Gasteiger charge is -2.32. The minimum Gasteiger partial charge on any atom is -0.497 e. The van der Waals surface area contributed by atoms with Crippen molar-refractivity contribution in [3.8, 4) is 11.5 Å². The van der Waals surface area contributed by atoms with E-state index >= 15 is 0 Å². The number of hydrogen-bond donors (Lipinski definition) is 1. The van der Waals surface area contributed by atoms with Crippen molar-refractivity contribution < 1.29 is 14.6 Å². The molecule has 1 aromatic carbocycles. The number of likely N-dealkylation sites (tertiary alicyclic amines) is 1. The fraction of sp³-hybridized carbons (Fsp3) is 0.500. The molecule has 1 fully saturated rings. The third-order valence-corrected chi connectivity index (χ3v) is 5.51. The van der Waals surface area contributed by atoms with Crippen LogP contribution in [-0.2, 0) is 13.7 Å². The zero-order chi connectivity index (χ0) is 18.8. The largest absolute Gasteiger partial charge is 0.497 e. The fourth-order valence-electron chi connectivity index (χ4n) is 3.93. The Balaban J connectivity index is 1.38. The van der Waals surface area contributed by atoms with Crippen molar-refractivity contribution in [3.63, 3.8) is 0 Å². The van der Waals surface area contributed by atoms with E-state index in [1.54, 1.807) is 7.11 Å². The van der Waals surface area contributed by atoms with Crippen molar-refractivity contribution in [2.75, 3.05) is 33.4 Å². The third kappa shape index (κ3) is 3.70. The van der Waals surface area contributed by atoms with E-state index in [1.807, 2.05) is 29.8 Å². The maximum atomic E-state index is 9.30. The standard InChI is InChI=1S/C20H26N4O3/c1-23-19(12-25)21-22-20(23)15-5-7-24(8-6-15)11-14-9-16-10-17(26-2)3-4-18(16)27-13-14/h3-4,9-10,15,25H,5-8,11-13H2,1-2H3. The van der Waals surface area contributed by atoms with E-state index in [9.17, 15) is 5.11 Å². The topological polar surface area (TPSA) is 72.6 Å². The van der Waals surface area contributed by atoms with Crippen molar-refractivity contribution in [2.45, 2.75) is 25.4 Å². The molecule has 4 rings (SSSR count). The average molecular weight is 370 g/mol. The zero-order valence-corrected chi connectivity index (χ0v) is 15.9. The lowest BCUT2D eigenvalue weighted by atomic mass is 9.95. The molecule has 0 unspecified atom stereocenters. The molecule has 1 saturated heterocycles. The summed E-state index contributed by atoms with van der Waals surface area (Å²) in [6.45, 7) is 3.54. The highest BCUT2D eigenvalue weighted by Gasteiger charge is 2.26. The van der Waals surface area contributed by atoms with E-state index in [1.165, 1.54) is 5.57 Å². The molecule has 7 heteroatoms. The van der Waals surface area contributed by atoms with Gasteiger partial charge in [-0.2, -0.15) is 0 Å². The number of methoxy groups -OCH3 is 1. The number of nitrogens with zero attached hydrogens (tertiary/aromatic N) is 4. The molecule has 27 heavy (non-hydrogen) atoms. The maximum Gasteiger partial charge on any atom is 0.158 e. The van der Waals surface area contributed by atoms with Crippen molar-refractivity contribution in [1.29, 1.82) is 0 Å². The number of piperidine rings is 1. The molecule has 0 amide bonds. The van der Waals surface area contributed by atoms with E-state index in [0.29, 0.717) is 18.3 Å². The van der Waals surface area contributed by atoms with Crippen LogP contribution in [0.1, 0.15) is 36.0 Å². The van der Waals surface area contributed by atoms with E-state index in [-0.39, 0.29) is 6.61 Å². The van der Waals surface area contributed by atoms with Crippen LogP contribution in [-0.4, -0.2) is 58.1 Å². The maximum absolute atomic E-state index is 9.30. The Bertz CT molecular complexity index is 838. The summed E-state index contributed by atoms with van der Waals surface area (Å²) >= 11 is 0. The van der Waals surface area contributed by atoms with Crippen LogP contribution in [0.2, 0.25) is 0 Å². The van der Waals surface area contributed by atoms with Gasteiger partial charge in [0, 0.05) is 25.1 Å². The summed E-state index contributed by atoms with van der Waals surface area (Å²) < 4.78 is 13.2. The smallest absolute Gasteiger partial charge is 0.158 e. The molecule has 2 aliphatic heterocycles. The molecule has 0 spiro atoms. The van der Waals surface area contributed by atoms with Gasteiger partial charge in [0.2, 0.25) is 0 Å². The first-order chi connectivity index (χ1) is 13.2. The fourth-order valence-corrected chi connectivity index (χ4v) is 3.93.